The van der Waals surface area contributed by atoms with Crippen molar-refractivity contribution in [3.05, 3.63) is 23.9 Å². The maximum atomic E-state index is 10.4. The van der Waals surface area contributed by atoms with E-state index in [0.717, 1.165) is 31.6 Å². The molecule has 1 aromatic rings. The Balaban J connectivity index is 1.89. The molecule has 0 unspecified atom stereocenters. The first-order chi connectivity index (χ1) is 8.61. The molecular formula is C14H19N3O. The van der Waals surface area contributed by atoms with Gasteiger partial charge >= 0.3 is 0 Å². The van der Waals surface area contributed by atoms with Crippen LogP contribution in [0.5, 0.6) is 0 Å². The van der Waals surface area contributed by atoms with Gasteiger partial charge in [0.15, 0.2) is 0 Å². The summed E-state index contributed by atoms with van der Waals surface area (Å²) in [5, 5.41) is 22.2. The second kappa shape index (κ2) is 5.36. The molecule has 0 spiro atoms. The van der Waals surface area contributed by atoms with E-state index < -0.39 is 5.60 Å². The molecular weight excluding hydrogens is 226 g/mol. The molecule has 0 radical (unpaired) electrons. The van der Waals surface area contributed by atoms with Crippen molar-refractivity contribution in [1.82, 2.24) is 4.98 Å². The Morgan fingerprint density at radius 3 is 2.78 bits per heavy atom. The summed E-state index contributed by atoms with van der Waals surface area (Å²) in [4.78, 5) is 4.14. The van der Waals surface area contributed by atoms with E-state index in [0.29, 0.717) is 17.9 Å². The molecule has 1 aromatic heterocycles. The summed E-state index contributed by atoms with van der Waals surface area (Å²) in [6, 6.07) is 5.53. The highest BCUT2D eigenvalue weighted by Gasteiger charge is 2.31. The highest BCUT2D eigenvalue weighted by molar-refractivity contribution is 5.39. The molecule has 96 valence electrons. The summed E-state index contributed by atoms with van der Waals surface area (Å²) in [7, 11) is 0. The zero-order valence-electron chi connectivity index (χ0n) is 10.7. The number of anilines is 1. The van der Waals surface area contributed by atoms with Gasteiger partial charge in [-0.1, -0.05) is 6.92 Å². The summed E-state index contributed by atoms with van der Waals surface area (Å²) in [5.41, 5.74) is -0.0620. The van der Waals surface area contributed by atoms with Gasteiger partial charge < -0.3 is 10.4 Å². The predicted octanol–water partition coefficient (Wildman–Crippen LogP) is 2.31. The van der Waals surface area contributed by atoms with Crippen LogP contribution in [0.15, 0.2) is 18.3 Å². The van der Waals surface area contributed by atoms with Crippen LogP contribution in [0.1, 0.15) is 38.2 Å². The van der Waals surface area contributed by atoms with Crippen molar-refractivity contribution >= 4 is 5.82 Å². The maximum absolute atomic E-state index is 10.4. The SMILES string of the molecule is CC1CCC(O)(CNc2ccc(C#N)cn2)CC1. The van der Waals surface area contributed by atoms with Crippen LogP contribution in [0.4, 0.5) is 5.82 Å². The molecule has 1 saturated carbocycles. The molecule has 2 rings (SSSR count). The summed E-state index contributed by atoms with van der Waals surface area (Å²) in [5.74, 6) is 1.43. The number of nitrogens with one attached hydrogen (secondary N) is 1. The number of pyridine rings is 1. The maximum Gasteiger partial charge on any atom is 0.126 e. The normalized spacial score (nSPS) is 27.5. The van der Waals surface area contributed by atoms with Crippen LogP contribution in [0, 0.1) is 17.2 Å². The van der Waals surface area contributed by atoms with Crippen molar-refractivity contribution in [2.45, 2.75) is 38.2 Å². The van der Waals surface area contributed by atoms with Gasteiger partial charge in [-0.15, -0.1) is 0 Å². The van der Waals surface area contributed by atoms with Crippen LogP contribution in [-0.2, 0) is 0 Å². The molecule has 2 N–H and O–H groups in total. The molecule has 4 heteroatoms. The average Bonchev–Trinajstić information content (AvgIpc) is 2.41. The number of aliphatic hydroxyl groups is 1. The minimum absolute atomic E-state index is 0.526. The van der Waals surface area contributed by atoms with Crippen LogP contribution in [0.3, 0.4) is 0 Å². The van der Waals surface area contributed by atoms with E-state index in [1.54, 1.807) is 12.1 Å². The lowest BCUT2D eigenvalue weighted by Crippen LogP contribution is -2.40. The van der Waals surface area contributed by atoms with Gasteiger partial charge in [0.1, 0.15) is 11.9 Å². The van der Waals surface area contributed by atoms with Gasteiger partial charge in [-0.2, -0.15) is 5.26 Å². The number of hydrogen-bond acceptors (Lipinski definition) is 4. The van der Waals surface area contributed by atoms with E-state index >= 15 is 0 Å². The topological polar surface area (TPSA) is 68.9 Å². The smallest absolute Gasteiger partial charge is 0.126 e. The Kier molecular flexibility index (Phi) is 3.83. The second-order valence-corrected chi connectivity index (χ2v) is 5.30. The first-order valence-corrected chi connectivity index (χ1v) is 6.44. The summed E-state index contributed by atoms with van der Waals surface area (Å²) < 4.78 is 0. The molecule has 0 aliphatic heterocycles. The van der Waals surface area contributed by atoms with Crippen LogP contribution < -0.4 is 5.32 Å². The molecule has 0 bridgehead atoms. The molecule has 1 aliphatic carbocycles. The molecule has 0 saturated heterocycles. The Morgan fingerprint density at radius 1 is 1.50 bits per heavy atom. The van der Waals surface area contributed by atoms with Gasteiger partial charge in [0.05, 0.1) is 11.2 Å². The van der Waals surface area contributed by atoms with E-state index in [1.165, 1.54) is 6.20 Å². The van der Waals surface area contributed by atoms with Crippen molar-refractivity contribution in [3.8, 4) is 6.07 Å². The quantitative estimate of drug-likeness (QED) is 0.857. The Bertz CT molecular complexity index is 427. The van der Waals surface area contributed by atoms with E-state index in [4.69, 9.17) is 5.26 Å². The van der Waals surface area contributed by atoms with Crippen molar-refractivity contribution in [3.63, 3.8) is 0 Å². The van der Waals surface area contributed by atoms with E-state index in [1.807, 2.05) is 6.07 Å². The van der Waals surface area contributed by atoms with Crippen LogP contribution in [0.2, 0.25) is 0 Å². The van der Waals surface area contributed by atoms with Crippen molar-refractivity contribution in [2.75, 3.05) is 11.9 Å². The summed E-state index contributed by atoms with van der Waals surface area (Å²) in [6.45, 7) is 2.76. The molecule has 1 heterocycles. The molecule has 4 nitrogen and oxygen atoms in total. The van der Waals surface area contributed by atoms with E-state index in [9.17, 15) is 5.11 Å². The van der Waals surface area contributed by atoms with Gasteiger partial charge in [-0.05, 0) is 43.7 Å². The highest BCUT2D eigenvalue weighted by Crippen LogP contribution is 2.31. The van der Waals surface area contributed by atoms with Crippen molar-refractivity contribution < 1.29 is 5.11 Å². The monoisotopic (exact) mass is 245 g/mol. The van der Waals surface area contributed by atoms with Crippen molar-refractivity contribution in [2.24, 2.45) is 5.92 Å². The third-order valence-electron chi connectivity index (χ3n) is 3.70. The average molecular weight is 245 g/mol. The van der Waals surface area contributed by atoms with E-state index in [2.05, 4.69) is 17.2 Å². The first-order valence-electron chi connectivity index (χ1n) is 6.44. The fourth-order valence-electron chi connectivity index (χ4n) is 2.30. The fraction of sp³-hybridized carbons (Fsp3) is 0.571. The summed E-state index contributed by atoms with van der Waals surface area (Å²) in [6.07, 6.45) is 5.39. The molecule has 0 atom stereocenters. The largest absolute Gasteiger partial charge is 0.388 e. The first kappa shape index (κ1) is 12.8. The highest BCUT2D eigenvalue weighted by atomic mass is 16.3. The second-order valence-electron chi connectivity index (χ2n) is 5.30. The lowest BCUT2D eigenvalue weighted by atomic mass is 9.79. The number of nitriles is 1. The number of hydrogen-bond donors (Lipinski definition) is 2. The fourth-order valence-corrected chi connectivity index (χ4v) is 2.30. The number of nitrogens with zero attached hydrogens (tertiary/aromatic N) is 2. The van der Waals surface area contributed by atoms with E-state index in [-0.39, 0.29) is 0 Å². The van der Waals surface area contributed by atoms with Crippen LogP contribution >= 0.6 is 0 Å². The van der Waals surface area contributed by atoms with Crippen molar-refractivity contribution in [1.29, 1.82) is 5.26 Å². The van der Waals surface area contributed by atoms with Gasteiger partial charge in [0.2, 0.25) is 0 Å². The lowest BCUT2D eigenvalue weighted by Gasteiger charge is -2.35. The lowest BCUT2D eigenvalue weighted by molar-refractivity contribution is 0.00495. The molecule has 0 amide bonds. The Morgan fingerprint density at radius 2 is 2.22 bits per heavy atom. The predicted molar refractivity (Wildman–Crippen MR) is 70.0 cm³/mol. The third-order valence-corrected chi connectivity index (χ3v) is 3.70. The van der Waals surface area contributed by atoms with Gasteiger partial charge in [0.25, 0.3) is 0 Å². The number of rotatable bonds is 3. The zero-order chi connectivity index (χ0) is 13.0. The standard InChI is InChI=1S/C14H19N3O/c1-11-4-6-14(18,7-5-11)10-17-13-3-2-12(8-15)9-16-13/h2-3,9,11,18H,4-7,10H2,1H3,(H,16,17). The minimum Gasteiger partial charge on any atom is -0.388 e. The van der Waals surface area contributed by atoms with Crippen LogP contribution in [-0.4, -0.2) is 22.2 Å². The zero-order valence-corrected chi connectivity index (χ0v) is 10.7. The molecule has 18 heavy (non-hydrogen) atoms. The Hall–Kier alpha value is -1.60. The Labute approximate surface area is 108 Å². The number of aromatic nitrogens is 1. The molecule has 1 aliphatic rings. The van der Waals surface area contributed by atoms with Crippen LogP contribution in [0.25, 0.3) is 0 Å². The van der Waals surface area contributed by atoms with Gasteiger partial charge in [0, 0.05) is 12.7 Å². The summed E-state index contributed by atoms with van der Waals surface area (Å²) >= 11 is 0. The minimum atomic E-state index is -0.609. The molecule has 1 fully saturated rings. The van der Waals surface area contributed by atoms with Gasteiger partial charge in [-0.25, -0.2) is 4.98 Å². The third kappa shape index (κ3) is 3.21. The molecule has 0 aromatic carbocycles. The van der Waals surface area contributed by atoms with Gasteiger partial charge in [-0.3, -0.25) is 0 Å².